The highest BCUT2D eigenvalue weighted by Gasteiger charge is 2.53. The van der Waals surface area contributed by atoms with Gasteiger partial charge in [0.05, 0.1) is 0 Å². The Morgan fingerprint density at radius 1 is 0.963 bits per heavy atom. The molecule has 4 saturated carbocycles. The number of hydrogen-bond acceptors (Lipinski definition) is 3. The molecule has 5 heteroatoms. The van der Waals surface area contributed by atoms with E-state index in [1.54, 1.807) is 0 Å². The number of rotatable bonds is 7. The van der Waals surface area contributed by atoms with Crippen molar-refractivity contribution in [2.45, 2.75) is 63.3 Å². The first kappa shape index (κ1) is 19.5. The van der Waals surface area contributed by atoms with Crippen LogP contribution in [0.2, 0.25) is 0 Å². The number of nitrogens with two attached hydrogens (primary N) is 1. The second-order valence-corrected chi connectivity index (χ2v) is 10.1. The summed E-state index contributed by atoms with van der Waals surface area (Å²) in [4.78, 5) is 12.2. The van der Waals surface area contributed by atoms with Crippen LogP contribution >= 0.6 is 0 Å². The third-order valence-electron chi connectivity index (χ3n) is 8.06. The van der Waals surface area contributed by atoms with Crippen LogP contribution in [0.25, 0.3) is 0 Å². The molecule has 5 rings (SSSR count). The monoisotopic (exact) mass is 375 g/mol. The summed E-state index contributed by atoms with van der Waals surface area (Å²) < 4.78 is 0. The minimum absolute atomic E-state index is 0.337. The Balaban J connectivity index is 1.17. The average Bonchev–Trinajstić information content (AvgIpc) is 2.64. The number of likely N-dealkylation sites (N-methyl/N-ethyl adjacent to an activating group) is 1. The fraction of sp³-hybridized carbons (Fsp3) is 0.955. The fourth-order valence-corrected chi connectivity index (χ4v) is 6.71. The Bertz CT molecular complexity index is 488. The van der Waals surface area contributed by atoms with Gasteiger partial charge in [0.25, 0.3) is 0 Å². The number of unbranched alkanes of at least 4 members (excludes halogenated alkanes) is 2. The molecule has 4 bridgehead atoms. The van der Waals surface area contributed by atoms with Crippen LogP contribution in [0.1, 0.15) is 57.8 Å². The maximum atomic E-state index is 6.45. The lowest BCUT2D eigenvalue weighted by Gasteiger charge is -2.60. The minimum atomic E-state index is 0.337. The summed E-state index contributed by atoms with van der Waals surface area (Å²) in [5.74, 6) is 3.68. The Morgan fingerprint density at radius 2 is 1.56 bits per heavy atom. The maximum Gasteiger partial charge on any atom is 0.191 e. The van der Waals surface area contributed by atoms with Gasteiger partial charge < -0.3 is 20.4 Å². The molecule has 0 aromatic heterocycles. The summed E-state index contributed by atoms with van der Waals surface area (Å²) in [6.45, 7) is 7.05. The van der Waals surface area contributed by atoms with Crippen LogP contribution in [-0.4, -0.2) is 79.6 Å². The molecule has 1 heterocycles. The predicted molar refractivity (Wildman–Crippen MR) is 113 cm³/mol. The number of hydrogen-bond donors (Lipinski definition) is 1. The zero-order chi connectivity index (χ0) is 18.9. The highest BCUT2D eigenvalue weighted by Crippen LogP contribution is 2.57. The molecular weight excluding hydrogens is 334 g/mol. The van der Waals surface area contributed by atoms with E-state index in [4.69, 9.17) is 10.7 Å². The highest BCUT2D eigenvalue weighted by molar-refractivity contribution is 5.78. The van der Waals surface area contributed by atoms with Crippen molar-refractivity contribution in [1.82, 2.24) is 14.7 Å². The van der Waals surface area contributed by atoms with Gasteiger partial charge >= 0.3 is 0 Å². The van der Waals surface area contributed by atoms with Crippen LogP contribution in [0, 0.1) is 17.8 Å². The van der Waals surface area contributed by atoms with Crippen LogP contribution < -0.4 is 5.73 Å². The lowest BCUT2D eigenvalue weighted by molar-refractivity contribution is -0.0550. The second kappa shape index (κ2) is 8.28. The van der Waals surface area contributed by atoms with Crippen molar-refractivity contribution in [1.29, 1.82) is 0 Å². The highest BCUT2D eigenvalue weighted by atomic mass is 15.3. The zero-order valence-electron chi connectivity index (χ0n) is 17.7. The largest absolute Gasteiger partial charge is 0.370 e. The van der Waals surface area contributed by atoms with E-state index in [0.717, 1.165) is 30.3 Å². The SMILES string of the molecule is CN1CCN(CCCCCN=C(N)N(C)C23CC4CC(CC(C4)C2)C3)CC1. The van der Waals surface area contributed by atoms with E-state index in [9.17, 15) is 0 Å². The van der Waals surface area contributed by atoms with Gasteiger partial charge in [0.15, 0.2) is 5.96 Å². The lowest BCUT2D eigenvalue weighted by Crippen LogP contribution is -2.61. The van der Waals surface area contributed by atoms with Crippen molar-refractivity contribution in [2.24, 2.45) is 28.5 Å². The molecular formula is C22H41N5. The number of guanidine groups is 1. The normalized spacial score (nSPS) is 37.1. The van der Waals surface area contributed by atoms with Gasteiger partial charge in [0.2, 0.25) is 0 Å². The van der Waals surface area contributed by atoms with Crippen LogP contribution in [0.5, 0.6) is 0 Å². The van der Waals surface area contributed by atoms with Gasteiger partial charge in [-0.1, -0.05) is 6.42 Å². The topological polar surface area (TPSA) is 48.1 Å². The molecule has 0 unspecified atom stereocenters. The van der Waals surface area contributed by atoms with Crippen LogP contribution in [0.4, 0.5) is 0 Å². The Kier molecular flexibility index (Phi) is 5.98. The number of nitrogens with zero attached hydrogens (tertiary/aromatic N) is 4. The van der Waals surface area contributed by atoms with Gasteiger partial charge in [0.1, 0.15) is 0 Å². The average molecular weight is 376 g/mol. The van der Waals surface area contributed by atoms with E-state index >= 15 is 0 Å². The summed E-state index contributed by atoms with van der Waals surface area (Å²) >= 11 is 0. The first-order valence-corrected chi connectivity index (χ1v) is 11.5. The molecule has 0 aromatic rings. The molecule has 4 aliphatic carbocycles. The van der Waals surface area contributed by atoms with Gasteiger partial charge in [-0.2, -0.15) is 0 Å². The first-order valence-electron chi connectivity index (χ1n) is 11.5. The minimum Gasteiger partial charge on any atom is -0.370 e. The molecule has 0 aromatic carbocycles. The molecule has 1 aliphatic heterocycles. The Morgan fingerprint density at radius 3 is 2.15 bits per heavy atom. The molecule has 1 saturated heterocycles. The standard InChI is InChI=1S/C22H41N5/c1-25-8-10-27(11-9-25)7-5-3-4-6-24-21(23)26(2)22-15-18-12-19(16-22)14-20(13-18)17-22/h18-20H,3-17H2,1-2H3,(H2,23,24). The fourth-order valence-electron chi connectivity index (χ4n) is 6.71. The predicted octanol–water partition coefficient (Wildman–Crippen LogP) is 2.62. The van der Waals surface area contributed by atoms with Gasteiger partial charge in [0, 0.05) is 45.3 Å². The van der Waals surface area contributed by atoms with Crippen molar-refractivity contribution in [3.05, 3.63) is 0 Å². The summed E-state index contributed by atoms with van der Waals surface area (Å²) in [5, 5.41) is 0. The molecule has 2 N–H and O–H groups in total. The Hall–Kier alpha value is -0.810. The smallest absolute Gasteiger partial charge is 0.191 e. The quantitative estimate of drug-likeness (QED) is 0.422. The molecule has 27 heavy (non-hydrogen) atoms. The first-order chi connectivity index (χ1) is 13.0. The third-order valence-corrected chi connectivity index (χ3v) is 8.06. The number of piperazine rings is 1. The van der Waals surface area contributed by atoms with Gasteiger partial charge in [-0.05, 0) is 82.7 Å². The van der Waals surface area contributed by atoms with E-state index in [0.29, 0.717) is 5.54 Å². The van der Waals surface area contributed by atoms with E-state index in [1.807, 2.05) is 0 Å². The molecule has 5 aliphatic rings. The summed E-state index contributed by atoms with van der Waals surface area (Å²) in [7, 11) is 4.44. The summed E-state index contributed by atoms with van der Waals surface area (Å²) in [5.41, 5.74) is 6.78. The van der Waals surface area contributed by atoms with Crippen molar-refractivity contribution in [3.8, 4) is 0 Å². The lowest BCUT2D eigenvalue weighted by atomic mass is 9.52. The molecule has 5 fully saturated rings. The van der Waals surface area contributed by atoms with Crippen LogP contribution in [0.3, 0.4) is 0 Å². The van der Waals surface area contributed by atoms with Gasteiger partial charge in [-0.3, -0.25) is 4.99 Å². The van der Waals surface area contributed by atoms with Gasteiger partial charge in [-0.15, -0.1) is 0 Å². The molecule has 0 radical (unpaired) electrons. The number of aliphatic imine (C=N–C) groups is 1. The maximum absolute atomic E-state index is 6.45. The molecule has 0 spiro atoms. The summed E-state index contributed by atoms with van der Waals surface area (Å²) in [6.07, 6.45) is 12.3. The zero-order valence-corrected chi connectivity index (χ0v) is 17.7. The van der Waals surface area contributed by atoms with E-state index in [1.165, 1.54) is 90.5 Å². The van der Waals surface area contributed by atoms with Gasteiger partial charge in [-0.25, -0.2) is 0 Å². The van der Waals surface area contributed by atoms with Crippen molar-refractivity contribution < 1.29 is 0 Å². The van der Waals surface area contributed by atoms with E-state index in [-0.39, 0.29) is 0 Å². The van der Waals surface area contributed by atoms with Crippen molar-refractivity contribution in [3.63, 3.8) is 0 Å². The Labute approximate surface area is 166 Å². The van der Waals surface area contributed by atoms with E-state index in [2.05, 4.69) is 28.8 Å². The van der Waals surface area contributed by atoms with E-state index < -0.39 is 0 Å². The molecule has 0 amide bonds. The van der Waals surface area contributed by atoms with Crippen molar-refractivity contribution >= 4 is 5.96 Å². The van der Waals surface area contributed by atoms with Crippen molar-refractivity contribution in [2.75, 3.05) is 53.4 Å². The molecule has 154 valence electrons. The van der Waals surface area contributed by atoms with Crippen LogP contribution in [0.15, 0.2) is 4.99 Å². The second-order valence-electron chi connectivity index (χ2n) is 10.1. The molecule has 5 nitrogen and oxygen atoms in total. The molecule has 0 atom stereocenters. The van der Waals surface area contributed by atoms with Crippen LogP contribution in [-0.2, 0) is 0 Å². The summed E-state index contributed by atoms with van der Waals surface area (Å²) in [6, 6.07) is 0. The third kappa shape index (κ3) is 4.45.